The van der Waals surface area contributed by atoms with Gasteiger partial charge in [-0.3, -0.25) is 9.78 Å². The molecule has 6 heteroatoms. The maximum atomic E-state index is 12.1. The number of H-pyrrole nitrogens is 1. The number of aryl methyl sites for hydroxylation is 1. The molecule has 0 radical (unpaired) electrons. The second kappa shape index (κ2) is 5.63. The molecule has 0 aromatic carbocycles. The lowest BCUT2D eigenvalue weighted by molar-refractivity contribution is 0.316. The number of hydrogen-bond donors (Lipinski definition) is 1. The number of aromatic nitrogens is 4. The summed E-state index contributed by atoms with van der Waals surface area (Å²) in [6.45, 7) is 4.62. The van der Waals surface area contributed by atoms with Crippen LogP contribution < -0.4 is 5.56 Å². The van der Waals surface area contributed by atoms with Crippen LogP contribution in [0.2, 0.25) is 0 Å². The molecule has 0 aliphatic heterocycles. The molecule has 122 valence electrons. The lowest BCUT2D eigenvalue weighted by atomic mass is 9.79. The third kappa shape index (κ3) is 2.89. The fraction of sp³-hybridized carbons (Fsp3) is 0.333. The van der Waals surface area contributed by atoms with Crippen LogP contribution in [0.15, 0.2) is 23.3 Å². The lowest BCUT2D eigenvalue weighted by Gasteiger charge is -2.28. The average Bonchev–Trinajstić information content (AvgIpc) is 2.94. The van der Waals surface area contributed by atoms with Gasteiger partial charge in [-0.2, -0.15) is 0 Å². The number of fused-ring (bicyclic) bond motifs is 2. The molecule has 24 heavy (non-hydrogen) atoms. The molecule has 0 saturated heterocycles. The lowest BCUT2D eigenvalue weighted by Crippen LogP contribution is -2.20. The van der Waals surface area contributed by atoms with Crippen LogP contribution in [0.1, 0.15) is 41.7 Å². The van der Waals surface area contributed by atoms with Gasteiger partial charge in [-0.1, -0.05) is 13.8 Å². The van der Waals surface area contributed by atoms with Crippen LogP contribution in [-0.4, -0.2) is 19.9 Å². The predicted octanol–water partition coefficient (Wildman–Crippen LogP) is 3.46. The molecular formula is C18H18N4OS. The van der Waals surface area contributed by atoms with Gasteiger partial charge in [0.15, 0.2) is 0 Å². The van der Waals surface area contributed by atoms with Crippen LogP contribution in [0.4, 0.5) is 0 Å². The number of aromatic amines is 1. The minimum atomic E-state index is -0.151. The zero-order chi connectivity index (χ0) is 16.7. The van der Waals surface area contributed by atoms with E-state index in [9.17, 15) is 4.79 Å². The molecule has 1 aliphatic rings. The molecule has 0 fully saturated rings. The summed E-state index contributed by atoms with van der Waals surface area (Å²) in [6.07, 6.45) is 10.2. The normalized spacial score (nSPS) is 16.6. The van der Waals surface area contributed by atoms with E-state index in [2.05, 4.69) is 28.8 Å². The molecule has 3 heterocycles. The first-order chi connectivity index (χ1) is 11.5. The summed E-state index contributed by atoms with van der Waals surface area (Å²) in [4.78, 5) is 29.4. The van der Waals surface area contributed by atoms with Gasteiger partial charge in [0, 0.05) is 11.1 Å². The number of rotatable bonds is 2. The summed E-state index contributed by atoms with van der Waals surface area (Å²) in [6, 6.07) is 1.67. The predicted molar refractivity (Wildman–Crippen MR) is 97.0 cm³/mol. The summed E-state index contributed by atoms with van der Waals surface area (Å²) >= 11 is 1.73. The van der Waals surface area contributed by atoms with Gasteiger partial charge in [-0.25, -0.2) is 9.97 Å². The van der Waals surface area contributed by atoms with Crippen LogP contribution in [-0.2, 0) is 12.8 Å². The summed E-state index contributed by atoms with van der Waals surface area (Å²) in [5.74, 6) is 0.522. The van der Waals surface area contributed by atoms with E-state index >= 15 is 0 Å². The van der Waals surface area contributed by atoms with Crippen LogP contribution in [0.25, 0.3) is 23.1 Å². The van der Waals surface area contributed by atoms with E-state index < -0.39 is 0 Å². The van der Waals surface area contributed by atoms with E-state index in [0.29, 0.717) is 22.1 Å². The molecule has 0 spiro atoms. The van der Waals surface area contributed by atoms with E-state index in [-0.39, 0.29) is 5.56 Å². The Morgan fingerprint density at radius 1 is 1.29 bits per heavy atom. The van der Waals surface area contributed by atoms with E-state index in [0.717, 1.165) is 17.8 Å². The first kappa shape index (κ1) is 15.2. The molecule has 1 N–H and O–H groups in total. The van der Waals surface area contributed by atoms with Crippen molar-refractivity contribution in [2.45, 2.75) is 33.1 Å². The maximum absolute atomic E-state index is 12.1. The fourth-order valence-corrected chi connectivity index (χ4v) is 4.30. The topological polar surface area (TPSA) is 71.5 Å². The first-order valence-electron chi connectivity index (χ1n) is 8.01. The Labute approximate surface area is 143 Å². The zero-order valence-electron chi connectivity index (χ0n) is 13.7. The molecule has 0 atom stereocenters. The molecule has 0 saturated carbocycles. The number of thiazole rings is 1. The van der Waals surface area contributed by atoms with E-state index in [1.165, 1.54) is 17.0 Å². The Morgan fingerprint density at radius 3 is 3.04 bits per heavy atom. The zero-order valence-corrected chi connectivity index (χ0v) is 14.5. The van der Waals surface area contributed by atoms with Gasteiger partial charge in [-0.05, 0) is 42.9 Å². The van der Waals surface area contributed by atoms with Crippen LogP contribution in [0, 0.1) is 5.41 Å². The summed E-state index contributed by atoms with van der Waals surface area (Å²) in [5.41, 5.74) is 2.03. The molecule has 1 aliphatic carbocycles. The van der Waals surface area contributed by atoms with Crippen molar-refractivity contribution < 1.29 is 0 Å². The molecule has 0 unspecified atom stereocenters. The van der Waals surface area contributed by atoms with Crippen LogP contribution >= 0.6 is 11.3 Å². The van der Waals surface area contributed by atoms with Crippen molar-refractivity contribution in [1.29, 1.82) is 0 Å². The first-order valence-corrected chi connectivity index (χ1v) is 8.83. The average molecular weight is 338 g/mol. The highest BCUT2D eigenvalue weighted by Crippen LogP contribution is 2.37. The maximum Gasteiger partial charge on any atom is 0.259 e. The standard InChI is InChI=1S/C18H18N4OS/c1-18(2)7-5-12-14(9-18)24-16(21-12)4-3-15-20-13-10-19-8-6-11(13)17(23)22-15/h3-4,6,8,10H,5,7,9H2,1-2H3,(H,20,22,23)/b4-3+. The minimum absolute atomic E-state index is 0.151. The van der Waals surface area contributed by atoms with Gasteiger partial charge >= 0.3 is 0 Å². The van der Waals surface area contributed by atoms with Gasteiger partial charge in [0.2, 0.25) is 0 Å². The second-order valence-electron chi connectivity index (χ2n) is 6.94. The highest BCUT2D eigenvalue weighted by Gasteiger charge is 2.27. The second-order valence-corrected chi connectivity index (χ2v) is 8.06. The van der Waals surface area contributed by atoms with Crippen molar-refractivity contribution in [2.75, 3.05) is 0 Å². The largest absolute Gasteiger partial charge is 0.306 e. The third-order valence-electron chi connectivity index (χ3n) is 4.38. The number of nitrogens with zero attached hydrogens (tertiary/aromatic N) is 3. The Morgan fingerprint density at radius 2 is 2.17 bits per heavy atom. The molecule has 3 aromatic rings. The van der Waals surface area contributed by atoms with Crippen molar-refractivity contribution in [3.05, 3.63) is 50.2 Å². The minimum Gasteiger partial charge on any atom is -0.306 e. The van der Waals surface area contributed by atoms with Crippen molar-refractivity contribution in [2.24, 2.45) is 5.41 Å². The Hall–Kier alpha value is -2.34. The van der Waals surface area contributed by atoms with Crippen molar-refractivity contribution >= 4 is 34.4 Å². The quantitative estimate of drug-likeness (QED) is 0.777. The smallest absolute Gasteiger partial charge is 0.259 e. The third-order valence-corrected chi connectivity index (χ3v) is 5.45. The van der Waals surface area contributed by atoms with Gasteiger partial charge in [-0.15, -0.1) is 11.3 Å². The van der Waals surface area contributed by atoms with E-state index in [1.807, 2.05) is 12.2 Å². The molecule has 0 bridgehead atoms. The molecule has 0 amide bonds. The van der Waals surface area contributed by atoms with Crippen LogP contribution in [0.3, 0.4) is 0 Å². The van der Waals surface area contributed by atoms with Crippen LogP contribution in [0.5, 0.6) is 0 Å². The SMILES string of the molecule is CC1(C)CCc2nc(/C=C/c3nc4cnccc4c(=O)[nH]3)sc2C1. The van der Waals surface area contributed by atoms with Gasteiger partial charge in [0.25, 0.3) is 5.56 Å². The summed E-state index contributed by atoms with van der Waals surface area (Å²) in [5, 5.41) is 1.51. The fourth-order valence-electron chi connectivity index (χ4n) is 3.03. The van der Waals surface area contributed by atoms with Gasteiger partial charge in [0.1, 0.15) is 10.8 Å². The Kier molecular flexibility index (Phi) is 3.57. The highest BCUT2D eigenvalue weighted by molar-refractivity contribution is 7.12. The van der Waals surface area contributed by atoms with Crippen molar-refractivity contribution in [3.63, 3.8) is 0 Å². The van der Waals surface area contributed by atoms with E-state index in [4.69, 9.17) is 4.98 Å². The molecule has 5 nitrogen and oxygen atoms in total. The molecular weight excluding hydrogens is 320 g/mol. The van der Waals surface area contributed by atoms with Crippen molar-refractivity contribution in [1.82, 2.24) is 19.9 Å². The van der Waals surface area contributed by atoms with Gasteiger partial charge < -0.3 is 4.98 Å². The summed E-state index contributed by atoms with van der Waals surface area (Å²) < 4.78 is 0. The van der Waals surface area contributed by atoms with Crippen molar-refractivity contribution in [3.8, 4) is 0 Å². The number of hydrogen-bond acceptors (Lipinski definition) is 5. The summed E-state index contributed by atoms with van der Waals surface area (Å²) in [7, 11) is 0. The van der Waals surface area contributed by atoms with Gasteiger partial charge in [0.05, 0.1) is 22.8 Å². The Bertz CT molecular complexity index is 1000. The monoisotopic (exact) mass is 338 g/mol. The number of nitrogens with one attached hydrogen (secondary N) is 1. The van der Waals surface area contributed by atoms with E-state index in [1.54, 1.807) is 29.8 Å². The molecule has 4 rings (SSSR count). The molecule has 3 aromatic heterocycles. The Balaban J connectivity index is 1.64. The number of pyridine rings is 1. The highest BCUT2D eigenvalue weighted by atomic mass is 32.1.